The number of carboxylic acid groups (broad SMARTS) is 1. The molecule has 1 atom stereocenters. The van der Waals surface area contributed by atoms with Crippen LogP contribution in [0.25, 0.3) is 0 Å². The van der Waals surface area contributed by atoms with Gasteiger partial charge in [0.2, 0.25) is 0 Å². The number of carbonyl (C=O) groups excluding carboxylic acids is 2. The minimum absolute atomic E-state index is 0.0115. The van der Waals surface area contributed by atoms with E-state index in [1.165, 1.54) is 12.2 Å². The van der Waals surface area contributed by atoms with E-state index in [0.717, 1.165) is 6.08 Å². The second kappa shape index (κ2) is 5.13. The summed E-state index contributed by atoms with van der Waals surface area (Å²) in [6.07, 6.45) is 5.71. The van der Waals surface area contributed by atoms with E-state index in [2.05, 4.69) is 0 Å². The monoisotopic (exact) mass is 263 g/mol. The highest BCUT2D eigenvalue weighted by atomic mass is 16.4. The zero-order valence-electron chi connectivity index (χ0n) is 11.7. The highest BCUT2D eigenvalue weighted by Crippen LogP contribution is 2.44. The Morgan fingerprint density at radius 1 is 1.47 bits per heavy atom. The standard InChI is InChI=1S/C15H20O4/c1-10(7-13(17)18)5-6-15(19)11(2)8-12(16)9-14(15,3)4/h5-8,19H,9H2,1-4H3,(H,17,18)/p-1/b6-5+,10-7+. The molecule has 0 aromatic rings. The molecule has 0 fully saturated rings. The number of carbonyl (C=O) groups is 2. The van der Waals surface area contributed by atoms with Crippen LogP contribution in [0.1, 0.15) is 34.1 Å². The molecule has 0 aromatic carbocycles. The van der Waals surface area contributed by atoms with Crippen molar-refractivity contribution in [1.82, 2.24) is 0 Å². The second-order valence-electron chi connectivity index (χ2n) is 5.66. The number of hydrogen-bond donors (Lipinski definition) is 1. The highest BCUT2D eigenvalue weighted by molar-refractivity contribution is 5.92. The van der Waals surface area contributed by atoms with Crippen LogP contribution in [0, 0.1) is 5.41 Å². The predicted molar refractivity (Wildman–Crippen MR) is 70.0 cm³/mol. The van der Waals surface area contributed by atoms with Gasteiger partial charge >= 0.3 is 0 Å². The molecule has 1 aliphatic carbocycles. The topological polar surface area (TPSA) is 77.4 Å². The lowest BCUT2D eigenvalue weighted by atomic mass is 9.64. The van der Waals surface area contributed by atoms with E-state index in [1.807, 2.05) is 13.8 Å². The van der Waals surface area contributed by atoms with Crippen LogP contribution in [-0.4, -0.2) is 22.5 Å². The molecule has 0 aromatic heterocycles. The fourth-order valence-electron chi connectivity index (χ4n) is 2.35. The molecule has 0 radical (unpaired) electrons. The Morgan fingerprint density at radius 3 is 2.53 bits per heavy atom. The van der Waals surface area contributed by atoms with E-state index in [9.17, 15) is 19.8 Å². The number of aliphatic hydroxyl groups is 1. The van der Waals surface area contributed by atoms with Gasteiger partial charge in [0.05, 0.1) is 5.97 Å². The van der Waals surface area contributed by atoms with Crippen molar-refractivity contribution in [2.24, 2.45) is 5.41 Å². The van der Waals surface area contributed by atoms with Gasteiger partial charge < -0.3 is 15.0 Å². The van der Waals surface area contributed by atoms with Gasteiger partial charge in [-0.05, 0) is 43.2 Å². The Bertz CT molecular complexity index is 494. The summed E-state index contributed by atoms with van der Waals surface area (Å²) in [5, 5.41) is 21.2. The summed E-state index contributed by atoms with van der Waals surface area (Å²) in [6, 6.07) is 0. The summed E-state index contributed by atoms with van der Waals surface area (Å²) in [5.74, 6) is -1.29. The minimum atomic E-state index is -1.28. The van der Waals surface area contributed by atoms with E-state index in [4.69, 9.17) is 0 Å². The van der Waals surface area contributed by atoms with Gasteiger partial charge in [-0.1, -0.05) is 19.9 Å². The van der Waals surface area contributed by atoms with Crippen LogP contribution in [0.4, 0.5) is 0 Å². The maximum atomic E-state index is 11.6. The van der Waals surface area contributed by atoms with Gasteiger partial charge in [-0.3, -0.25) is 4.79 Å². The largest absolute Gasteiger partial charge is 0.545 e. The predicted octanol–water partition coefficient (Wildman–Crippen LogP) is 0.915. The summed E-state index contributed by atoms with van der Waals surface area (Å²) in [7, 11) is 0. The van der Waals surface area contributed by atoms with Gasteiger partial charge in [0.15, 0.2) is 5.78 Å². The molecule has 0 saturated heterocycles. The number of allylic oxidation sites excluding steroid dienone is 3. The average molecular weight is 263 g/mol. The van der Waals surface area contributed by atoms with Gasteiger partial charge in [0.1, 0.15) is 5.60 Å². The molecule has 0 heterocycles. The van der Waals surface area contributed by atoms with Crippen LogP contribution in [0.3, 0.4) is 0 Å². The van der Waals surface area contributed by atoms with Gasteiger partial charge in [-0.25, -0.2) is 0 Å². The lowest BCUT2D eigenvalue weighted by molar-refractivity contribution is -0.297. The first kappa shape index (κ1) is 15.4. The third-order valence-electron chi connectivity index (χ3n) is 3.56. The van der Waals surface area contributed by atoms with Crippen LogP contribution < -0.4 is 5.11 Å². The summed E-state index contributed by atoms with van der Waals surface area (Å²) < 4.78 is 0. The van der Waals surface area contributed by atoms with Crippen molar-refractivity contribution in [2.75, 3.05) is 0 Å². The smallest absolute Gasteiger partial charge is 0.156 e. The van der Waals surface area contributed by atoms with Crippen LogP contribution >= 0.6 is 0 Å². The molecule has 1 unspecified atom stereocenters. The normalized spacial score (nSPS) is 27.5. The molecular formula is C15H19O4-. The van der Waals surface area contributed by atoms with Crippen molar-refractivity contribution >= 4 is 11.8 Å². The molecule has 0 amide bonds. The first-order valence-corrected chi connectivity index (χ1v) is 6.11. The zero-order valence-corrected chi connectivity index (χ0v) is 11.7. The molecule has 0 spiro atoms. The number of aliphatic carboxylic acids is 1. The van der Waals surface area contributed by atoms with Crippen molar-refractivity contribution in [2.45, 2.75) is 39.7 Å². The molecule has 0 aliphatic heterocycles. The lowest BCUT2D eigenvalue weighted by Crippen LogP contribution is -2.48. The third kappa shape index (κ3) is 3.20. The molecule has 0 saturated carbocycles. The first-order valence-electron chi connectivity index (χ1n) is 6.11. The molecular weight excluding hydrogens is 244 g/mol. The Labute approximate surface area is 113 Å². The van der Waals surface area contributed by atoms with Gasteiger partial charge in [0, 0.05) is 11.8 Å². The average Bonchev–Trinajstić information content (AvgIpc) is 2.21. The van der Waals surface area contributed by atoms with Crippen molar-refractivity contribution in [3.63, 3.8) is 0 Å². The van der Waals surface area contributed by atoms with E-state index >= 15 is 0 Å². The Morgan fingerprint density at radius 2 is 2.05 bits per heavy atom. The molecule has 4 nitrogen and oxygen atoms in total. The minimum Gasteiger partial charge on any atom is -0.545 e. The molecule has 19 heavy (non-hydrogen) atoms. The summed E-state index contributed by atoms with van der Waals surface area (Å²) in [6.45, 7) is 6.92. The molecule has 4 heteroatoms. The molecule has 104 valence electrons. The fourth-order valence-corrected chi connectivity index (χ4v) is 2.35. The van der Waals surface area contributed by atoms with E-state index in [1.54, 1.807) is 19.9 Å². The lowest BCUT2D eigenvalue weighted by Gasteiger charge is -2.44. The fraction of sp³-hybridized carbons (Fsp3) is 0.467. The summed E-state index contributed by atoms with van der Waals surface area (Å²) in [5.41, 5.74) is -0.872. The Hall–Kier alpha value is -1.68. The van der Waals surface area contributed by atoms with Gasteiger partial charge in [-0.15, -0.1) is 0 Å². The Kier molecular flexibility index (Phi) is 4.15. The van der Waals surface area contributed by atoms with E-state index in [0.29, 0.717) is 11.1 Å². The number of hydrogen-bond acceptors (Lipinski definition) is 4. The maximum Gasteiger partial charge on any atom is 0.156 e. The number of rotatable bonds is 3. The van der Waals surface area contributed by atoms with Crippen LogP contribution in [0.15, 0.2) is 35.5 Å². The van der Waals surface area contributed by atoms with Crippen LogP contribution in [0.5, 0.6) is 0 Å². The third-order valence-corrected chi connectivity index (χ3v) is 3.56. The van der Waals surface area contributed by atoms with E-state index in [-0.39, 0.29) is 12.2 Å². The van der Waals surface area contributed by atoms with Gasteiger partial charge in [0.25, 0.3) is 0 Å². The second-order valence-corrected chi connectivity index (χ2v) is 5.66. The first-order chi connectivity index (χ1) is 8.58. The number of carboxylic acids is 1. The quantitative estimate of drug-likeness (QED) is 0.606. The van der Waals surface area contributed by atoms with Crippen molar-refractivity contribution in [3.8, 4) is 0 Å². The van der Waals surface area contributed by atoms with Crippen LogP contribution in [-0.2, 0) is 9.59 Å². The zero-order chi connectivity index (χ0) is 14.8. The van der Waals surface area contributed by atoms with E-state index < -0.39 is 17.0 Å². The number of ketones is 1. The summed E-state index contributed by atoms with van der Waals surface area (Å²) >= 11 is 0. The Balaban J connectivity index is 3.15. The van der Waals surface area contributed by atoms with Crippen molar-refractivity contribution in [3.05, 3.63) is 35.5 Å². The molecule has 0 bridgehead atoms. The highest BCUT2D eigenvalue weighted by Gasteiger charge is 2.46. The van der Waals surface area contributed by atoms with Crippen molar-refractivity contribution < 1.29 is 19.8 Å². The SMILES string of the molecule is CC1=CC(=O)CC(C)(C)C1(O)/C=C/C(C)=C/C(=O)[O-]. The van der Waals surface area contributed by atoms with Gasteiger partial charge in [-0.2, -0.15) is 0 Å². The molecule has 1 N–H and O–H groups in total. The molecule has 1 rings (SSSR count). The van der Waals surface area contributed by atoms with Crippen molar-refractivity contribution in [1.29, 1.82) is 0 Å². The summed E-state index contributed by atoms with van der Waals surface area (Å²) in [4.78, 5) is 22.0. The molecule has 1 aliphatic rings. The van der Waals surface area contributed by atoms with Crippen LogP contribution in [0.2, 0.25) is 0 Å². The maximum absolute atomic E-state index is 11.6.